The van der Waals surface area contributed by atoms with Crippen LogP contribution in [0.1, 0.15) is 11.1 Å². The van der Waals surface area contributed by atoms with Gasteiger partial charge >= 0.3 is 0 Å². The Bertz CT molecular complexity index is 542. The molecule has 1 aromatic rings. The van der Waals surface area contributed by atoms with Crippen molar-refractivity contribution in [2.24, 2.45) is 0 Å². The molecule has 1 rings (SSSR count). The van der Waals surface area contributed by atoms with Gasteiger partial charge in [-0.1, -0.05) is 47.9 Å². The Morgan fingerprint density at radius 2 is 0.955 bits per heavy atom. The van der Waals surface area contributed by atoms with E-state index in [4.69, 9.17) is 25.7 Å². The number of hydrogen-bond acceptors (Lipinski definition) is 2. The zero-order chi connectivity index (χ0) is 16.2. The fraction of sp³-hybridized carbons (Fsp3) is 0.300. The van der Waals surface area contributed by atoms with Gasteiger partial charge in [-0.3, -0.25) is 9.80 Å². The Morgan fingerprint density at radius 3 is 1.23 bits per heavy atom. The van der Waals surface area contributed by atoms with Gasteiger partial charge in [0.25, 0.3) is 0 Å². The van der Waals surface area contributed by atoms with Crippen molar-refractivity contribution in [1.29, 1.82) is 0 Å². The van der Waals surface area contributed by atoms with Crippen LogP contribution in [0.25, 0.3) is 0 Å². The standard InChI is InChI=1S/C20H20N2/c1-5-13-21(14-6-2)17-19-11-9-10-12-20(19)18-22(15-7-3)16-8-4/h1-4,9-12H,13-18H2. The molecular formula is C20H20N2. The third-order valence-corrected chi connectivity index (χ3v) is 3.17. The summed E-state index contributed by atoms with van der Waals surface area (Å²) < 4.78 is 0. The number of rotatable bonds is 8. The molecule has 0 unspecified atom stereocenters. The first-order chi connectivity index (χ1) is 10.7. The lowest BCUT2D eigenvalue weighted by atomic mass is 10.1. The van der Waals surface area contributed by atoms with E-state index >= 15 is 0 Å². The highest BCUT2D eigenvalue weighted by Crippen LogP contribution is 2.14. The Hall–Kier alpha value is -2.62. The molecular weight excluding hydrogens is 268 g/mol. The number of terminal acetylenes is 4. The molecule has 0 radical (unpaired) electrons. The van der Waals surface area contributed by atoms with Crippen LogP contribution in [0.15, 0.2) is 24.3 Å². The number of benzene rings is 1. The van der Waals surface area contributed by atoms with Crippen LogP contribution in [-0.4, -0.2) is 36.0 Å². The van der Waals surface area contributed by atoms with E-state index in [0.717, 1.165) is 0 Å². The van der Waals surface area contributed by atoms with E-state index in [1.54, 1.807) is 0 Å². The Labute approximate surface area is 134 Å². The van der Waals surface area contributed by atoms with Gasteiger partial charge in [-0.25, -0.2) is 0 Å². The molecule has 0 saturated heterocycles. The van der Waals surface area contributed by atoms with Crippen molar-refractivity contribution in [3.63, 3.8) is 0 Å². The molecule has 22 heavy (non-hydrogen) atoms. The van der Waals surface area contributed by atoms with Gasteiger partial charge in [0, 0.05) is 13.1 Å². The molecule has 0 spiro atoms. The van der Waals surface area contributed by atoms with E-state index in [9.17, 15) is 0 Å². The molecule has 2 nitrogen and oxygen atoms in total. The van der Waals surface area contributed by atoms with Crippen LogP contribution in [0.5, 0.6) is 0 Å². The molecule has 0 N–H and O–H groups in total. The predicted molar refractivity (Wildman–Crippen MR) is 92.3 cm³/mol. The van der Waals surface area contributed by atoms with Gasteiger partial charge < -0.3 is 0 Å². The lowest BCUT2D eigenvalue weighted by Gasteiger charge is -2.22. The molecule has 0 saturated carbocycles. The lowest BCUT2D eigenvalue weighted by Crippen LogP contribution is -2.27. The van der Waals surface area contributed by atoms with Gasteiger partial charge in [0.05, 0.1) is 26.2 Å². The van der Waals surface area contributed by atoms with Gasteiger partial charge in [0.15, 0.2) is 0 Å². The van der Waals surface area contributed by atoms with Crippen LogP contribution in [0.4, 0.5) is 0 Å². The van der Waals surface area contributed by atoms with Crippen molar-refractivity contribution < 1.29 is 0 Å². The maximum absolute atomic E-state index is 5.40. The molecule has 2 heteroatoms. The second kappa shape index (κ2) is 10.2. The van der Waals surface area contributed by atoms with Crippen LogP contribution < -0.4 is 0 Å². The molecule has 0 aliphatic rings. The summed E-state index contributed by atoms with van der Waals surface area (Å²) in [6.07, 6.45) is 21.6. The normalized spacial score (nSPS) is 9.73. The summed E-state index contributed by atoms with van der Waals surface area (Å²) in [5.41, 5.74) is 2.37. The molecule has 0 atom stereocenters. The summed E-state index contributed by atoms with van der Waals surface area (Å²) in [6, 6.07) is 8.18. The highest BCUT2D eigenvalue weighted by Gasteiger charge is 2.10. The second-order valence-corrected chi connectivity index (χ2v) is 4.88. The summed E-state index contributed by atoms with van der Waals surface area (Å²) in [7, 11) is 0. The van der Waals surface area contributed by atoms with Crippen LogP contribution in [0.3, 0.4) is 0 Å². The van der Waals surface area contributed by atoms with Crippen molar-refractivity contribution >= 4 is 0 Å². The van der Waals surface area contributed by atoms with Gasteiger partial charge in [0.2, 0.25) is 0 Å². The molecule has 0 heterocycles. The van der Waals surface area contributed by atoms with Crippen LogP contribution in [0, 0.1) is 49.4 Å². The van der Waals surface area contributed by atoms with Gasteiger partial charge in [-0.2, -0.15) is 0 Å². The van der Waals surface area contributed by atoms with E-state index in [-0.39, 0.29) is 0 Å². The summed E-state index contributed by atoms with van der Waals surface area (Å²) in [5.74, 6) is 10.6. The van der Waals surface area contributed by atoms with E-state index in [0.29, 0.717) is 39.3 Å². The molecule has 0 aromatic heterocycles. The summed E-state index contributed by atoms with van der Waals surface area (Å²) in [4.78, 5) is 4.09. The summed E-state index contributed by atoms with van der Waals surface area (Å²) in [6.45, 7) is 3.52. The minimum Gasteiger partial charge on any atom is -0.277 e. The smallest absolute Gasteiger partial charge is 0.0610 e. The third kappa shape index (κ3) is 5.79. The van der Waals surface area contributed by atoms with Crippen LogP contribution >= 0.6 is 0 Å². The fourth-order valence-corrected chi connectivity index (χ4v) is 2.20. The van der Waals surface area contributed by atoms with E-state index < -0.39 is 0 Å². The maximum Gasteiger partial charge on any atom is 0.0610 e. The van der Waals surface area contributed by atoms with Gasteiger partial charge in [-0.15, -0.1) is 25.7 Å². The lowest BCUT2D eigenvalue weighted by molar-refractivity contribution is 0.320. The fourth-order valence-electron chi connectivity index (χ4n) is 2.20. The zero-order valence-corrected chi connectivity index (χ0v) is 12.8. The van der Waals surface area contributed by atoms with Crippen LogP contribution in [-0.2, 0) is 13.1 Å². The average molecular weight is 288 g/mol. The highest BCUT2D eigenvalue weighted by molar-refractivity contribution is 5.27. The van der Waals surface area contributed by atoms with Crippen molar-refractivity contribution in [1.82, 2.24) is 9.80 Å². The SMILES string of the molecule is C#CCN(CC#C)Cc1ccccc1CN(CC#C)CC#C. The first-order valence-electron chi connectivity index (χ1n) is 7.00. The molecule has 0 aliphatic heterocycles. The molecule has 0 aliphatic carbocycles. The van der Waals surface area contributed by atoms with Gasteiger partial charge in [-0.05, 0) is 11.1 Å². The first kappa shape index (κ1) is 17.4. The zero-order valence-electron chi connectivity index (χ0n) is 12.8. The van der Waals surface area contributed by atoms with E-state index in [1.807, 2.05) is 21.9 Å². The third-order valence-electron chi connectivity index (χ3n) is 3.17. The highest BCUT2D eigenvalue weighted by atomic mass is 15.1. The predicted octanol–water partition coefficient (Wildman–Crippen LogP) is 1.82. The summed E-state index contributed by atoms with van der Waals surface area (Å²) >= 11 is 0. The molecule has 0 amide bonds. The average Bonchev–Trinajstić information content (AvgIpc) is 2.50. The maximum atomic E-state index is 5.40. The van der Waals surface area contributed by atoms with E-state index in [1.165, 1.54) is 11.1 Å². The second-order valence-electron chi connectivity index (χ2n) is 4.88. The van der Waals surface area contributed by atoms with Crippen LogP contribution in [0.2, 0.25) is 0 Å². The minimum atomic E-state index is 0.525. The molecule has 0 bridgehead atoms. The largest absolute Gasteiger partial charge is 0.277 e. The minimum absolute atomic E-state index is 0.525. The Kier molecular flexibility index (Phi) is 8.05. The van der Waals surface area contributed by atoms with E-state index in [2.05, 4.69) is 35.8 Å². The van der Waals surface area contributed by atoms with Crippen molar-refractivity contribution in [3.05, 3.63) is 35.4 Å². The Balaban J connectivity index is 2.89. The summed E-state index contributed by atoms with van der Waals surface area (Å²) in [5, 5.41) is 0. The first-order valence-corrected chi connectivity index (χ1v) is 7.00. The molecule has 0 fully saturated rings. The molecule has 110 valence electrons. The van der Waals surface area contributed by atoms with Crippen molar-refractivity contribution in [2.45, 2.75) is 13.1 Å². The molecule has 1 aromatic carbocycles. The van der Waals surface area contributed by atoms with Crippen molar-refractivity contribution in [2.75, 3.05) is 26.2 Å². The topological polar surface area (TPSA) is 6.48 Å². The quantitative estimate of drug-likeness (QED) is 0.673. The number of nitrogens with zero attached hydrogens (tertiary/aromatic N) is 2. The van der Waals surface area contributed by atoms with Crippen molar-refractivity contribution in [3.8, 4) is 49.4 Å². The Morgan fingerprint density at radius 1 is 0.636 bits per heavy atom. The monoisotopic (exact) mass is 288 g/mol. The number of hydrogen-bond donors (Lipinski definition) is 0. The van der Waals surface area contributed by atoms with Gasteiger partial charge in [0.1, 0.15) is 0 Å².